The molecule has 8 heteroatoms. The second kappa shape index (κ2) is 8.78. The van der Waals surface area contributed by atoms with Gasteiger partial charge in [0.1, 0.15) is 5.82 Å². The fourth-order valence-electron chi connectivity index (χ4n) is 4.67. The first-order valence-corrected chi connectivity index (χ1v) is 11.8. The molecule has 0 aliphatic carbocycles. The van der Waals surface area contributed by atoms with Crippen LogP contribution < -0.4 is 4.90 Å². The summed E-state index contributed by atoms with van der Waals surface area (Å²) in [5, 5.41) is 25.0. The van der Waals surface area contributed by atoms with Gasteiger partial charge in [-0.1, -0.05) is 62.4 Å². The SMILES string of the molecule is Cc1nc2nc(-c3cccc(-c4ccccc4)c3)nn2c(N2CCC(C)(C)CC2)c1C(O)C(=O)O. The van der Waals surface area contributed by atoms with Gasteiger partial charge < -0.3 is 15.1 Å². The van der Waals surface area contributed by atoms with Gasteiger partial charge in [0.2, 0.25) is 0 Å². The summed E-state index contributed by atoms with van der Waals surface area (Å²) in [6, 6.07) is 18.1. The number of piperidine rings is 1. The summed E-state index contributed by atoms with van der Waals surface area (Å²) in [7, 11) is 0. The Bertz CT molecular complexity index is 1390. The second-order valence-electron chi connectivity index (χ2n) is 9.92. The van der Waals surface area contributed by atoms with Gasteiger partial charge in [0.05, 0.1) is 11.3 Å². The first-order valence-electron chi connectivity index (χ1n) is 11.8. The Labute approximate surface area is 203 Å². The van der Waals surface area contributed by atoms with E-state index in [9.17, 15) is 15.0 Å². The number of rotatable bonds is 5. The maximum Gasteiger partial charge on any atom is 0.337 e. The Morgan fingerprint density at radius 2 is 1.63 bits per heavy atom. The van der Waals surface area contributed by atoms with Crippen molar-refractivity contribution in [2.45, 2.75) is 39.7 Å². The molecule has 4 aromatic rings. The van der Waals surface area contributed by atoms with E-state index in [4.69, 9.17) is 10.1 Å². The summed E-state index contributed by atoms with van der Waals surface area (Å²) < 4.78 is 1.59. The summed E-state index contributed by atoms with van der Waals surface area (Å²) in [6.07, 6.45) is 0.184. The third kappa shape index (κ3) is 4.37. The predicted octanol–water partition coefficient (Wildman–Crippen LogP) is 4.51. The van der Waals surface area contributed by atoms with Crippen molar-refractivity contribution in [3.8, 4) is 22.5 Å². The number of aromatic nitrogens is 4. The quantitative estimate of drug-likeness (QED) is 0.441. The molecule has 1 aliphatic heterocycles. The molecule has 5 rings (SSSR count). The minimum absolute atomic E-state index is 0.203. The maximum atomic E-state index is 11.8. The van der Waals surface area contributed by atoms with Gasteiger partial charge in [0, 0.05) is 18.7 Å². The third-order valence-electron chi connectivity index (χ3n) is 6.84. The molecule has 2 N–H and O–H groups in total. The van der Waals surface area contributed by atoms with E-state index in [1.807, 2.05) is 42.5 Å². The molecule has 1 unspecified atom stereocenters. The van der Waals surface area contributed by atoms with E-state index in [2.05, 4.69) is 35.9 Å². The molecule has 1 aliphatic rings. The van der Waals surface area contributed by atoms with Gasteiger partial charge in [-0.3, -0.25) is 0 Å². The van der Waals surface area contributed by atoms with Crippen LogP contribution in [0.4, 0.5) is 5.82 Å². The first-order chi connectivity index (χ1) is 16.7. The van der Waals surface area contributed by atoms with E-state index in [0.717, 1.165) is 42.6 Å². The van der Waals surface area contributed by atoms with Crippen LogP contribution in [0.5, 0.6) is 0 Å². The molecule has 0 radical (unpaired) electrons. The molecule has 0 spiro atoms. The van der Waals surface area contributed by atoms with Crippen molar-refractivity contribution in [2.24, 2.45) is 5.41 Å². The van der Waals surface area contributed by atoms with Gasteiger partial charge in [-0.25, -0.2) is 9.78 Å². The van der Waals surface area contributed by atoms with Crippen molar-refractivity contribution in [1.29, 1.82) is 0 Å². The fraction of sp³-hybridized carbons (Fsp3) is 0.333. The van der Waals surface area contributed by atoms with Gasteiger partial charge in [-0.05, 0) is 42.4 Å². The van der Waals surface area contributed by atoms with Gasteiger partial charge in [-0.2, -0.15) is 9.50 Å². The number of fused-ring (bicyclic) bond motifs is 1. The number of anilines is 1. The Morgan fingerprint density at radius 1 is 0.971 bits per heavy atom. The van der Waals surface area contributed by atoms with Crippen molar-refractivity contribution in [1.82, 2.24) is 19.6 Å². The number of hydrogen-bond donors (Lipinski definition) is 2. The average Bonchev–Trinajstić information content (AvgIpc) is 3.27. The molecule has 3 heterocycles. The van der Waals surface area contributed by atoms with E-state index >= 15 is 0 Å². The Kier molecular flexibility index (Phi) is 5.76. The molecule has 0 saturated carbocycles. The zero-order valence-corrected chi connectivity index (χ0v) is 20.1. The lowest BCUT2D eigenvalue weighted by molar-refractivity contribution is -0.147. The number of aliphatic hydroxyl groups excluding tert-OH is 1. The number of nitrogens with zero attached hydrogens (tertiary/aromatic N) is 5. The molecule has 35 heavy (non-hydrogen) atoms. The van der Waals surface area contributed by atoms with Crippen molar-refractivity contribution < 1.29 is 15.0 Å². The highest BCUT2D eigenvalue weighted by molar-refractivity contribution is 5.78. The van der Waals surface area contributed by atoms with Crippen LogP contribution in [0.3, 0.4) is 0 Å². The lowest BCUT2D eigenvalue weighted by Crippen LogP contribution is -2.39. The first kappa shape index (κ1) is 23.0. The molecule has 180 valence electrons. The number of aliphatic carboxylic acids is 1. The summed E-state index contributed by atoms with van der Waals surface area (Å²) in [6.45, 7) is 7.63. The van der Waals surface area contributed by atoms with Gasteiger partial charge >= 0.3 is 5.97 Å². The molecule has 0 bridgehead atoms. The predicted molar refractivity (Wildman–Crippen MR) is 134 cm³/mol. The molecule has 1 fully saturated rings. The second-order valence-corrected chi connectivity index (χ2v) is 9.92. The maximum absolute atomic E-state index is 11.8. The third-order valence-corrected chi connectivity index (χ3v) is 6.84. The number of benzene rings is 2. The highest BCUT2D eigenvalue weighted by Crippen LogP contribution is 2.36. The molecule has 2 aromatic carbocycles. The number of carboxylic acids is 1. The standard InChI is InChI=1S/C27H29N5O3/c1-17-21(22(33)25(34)35)24(31-14-12-27(2,3)13-15-31)32-26(28-17)29-23(30-32)20-11-7-10-19(16-20)18-8-5-4-6-9-18/h4-11,16,22,33H,12-15H2,1-3H3,(H,34,35). The Balaban J connectivity index is 1.65. The van der Waals surface area contributed by atoms with E-state index in [1.54, 1.807) is 11.4 Å². The van der Waals surface area contributed by atoms with Crippen molar-refractivity contribution in [3.63, 3.8) is 0 Å². The largest absolute Gasteiger partial charge is 0.479 e. The zero-order chi connectivity index (χ0) is 24.7. The topological polar surface area (TPSA) is 104 Å². The Hall–Kier alpha value is -3.78. The van der Waals surface area contributed by atoms with Crippen LogP contribution in [0.2, 0.25) is 0 Å². The lowest BCUT2D eigenvalue weighted by Gasteiger charge is -2.39. The highest BCUT2D eigenvalue weighted by atomic mass is 16.4. The number of aryl methyl sites for hydroxylation is 1. The number of carbonyl (C=O) groups is 1. The van der Waals surface area contributed by atoms with Crippen molar-refractivity contribution >= 4 is 17.6 Å². The molecule has 1 saturated heterocycles. The van der Waals surface area contributed by atoms with Crippen molar-refractivity contribution in [3.05, 3.63) is 65.9 Å². The lowest BCUT2D eigenvalue weighted by atomic mass is 9.82. The van der Waals surface area contributed by atoms with Crippen LogP contribution in [0.25, 0.3) is 28.3 Å². The van der Waals surface area contributed by atoms with Crippen LogP contribution in [0.1, 0.15) is 44.1 Å². The van der Waals surface area contributed by atoms with Gasteiger partial charge in [0.15, 0.2) is 11.9 Å². The number of carboxylic acid groups (broad SMARTS) is 1. The minimum Gasteiger partial charge on any atom is -0.479 e. The fourth-order valence-corrected chi connectivity index (χ4v) is 4.67. The van der Waals surface area contributed by atoms with Crippen LogP contribution in [0, 0.1) is 12.3 Å². The molecule has 2 aromatic heterocycles. The monoisotopic (exact) mass is 471 g/mol. The zero-order valence-electron chi connectivity index (χ0n) is 20.1. The number of hydrogen-bond acceptors (Lipinski definition) is 6. The summed E-state index contributed by atoms with van der Waals surface area (Å²) in [5.41, 5.74) is 3.88. The van der Waals surface area contributed by atoms with Crippen molar-refractivity contribution in [2.75, 3.05) is 18.0 Å². The van der Waals surface area contributed by atoms with E-state index < -0.39 is 12.1 Å². The highest BCUT2D eigenvalue weighted by Gasteiger charge is 2.33. The average molecular weight is 472 g/mol. The van der Waals surface area contributed by atoms with Gasteiger partial charge in [-0.15, -0.1) is 5.10 Å². The van der Waals surface area contributed by atoms with Crippen LogP contribution in [0.15, 0.2) is 54.6 Å². The molecular weight excluding hydrogens is 442 g/mol. The number of aliphatic hydroxyl groups is 1. The van der Waals surface area contributed by atoms with Crippen LogP contribution in [-0.2, 0) is 4.79 Å². The normalized spacial score (nSPS) is 16.4. The molecule has 1 atom stereocenters. The van der Waals surface area contributed by atoms with E-state index in [1.165, 1.54) is 0 Å². The van der Waals surface area contributed by atoms with E-state index in [0.29, 0.717) is 23.1 Å². The molecule has 0 amide bonds. The van der Waals surface area contributed by atoms with Gasteiger partial charge in [0.25, 0.3) is 5.78 Å². The van der Waals surface area contributed by atoms with E-state index in [-0.39, 0.29) is 11.0 Å². The van der Waals surface area contributed by atoms with Crippen LogP contribution >= 0.6 is 0 Å². The molecule has 8 nitrogen and oxygen atoms in total. The van der Waals surface area contributed by atoms with Crippen LogP contribution in [-0.4, -0.2) is 48.9 Å². The molecular formula is C27H29N5O3. The summed E-state index contributed by atoms with van der Waals surface area (Å²) in [5.74, 6) is 0.110. The smallest absolute Gasteiger partial charge is 0.337 e. The minimum atomic E-state index is -1.70. The Morgan fingerprint density at radius 3 is 2.31 bits per heavy atom. The summed E-state index contributed by atoms with van der Waals surface area (Å²) >= 11 is 0. The summed E-state index contributed by atoms with van der Waals surface area (Å²) in [4.78, 5) is 23.1.